The van der Waals surface area contributed by atoms with E-state index < -0.39 is 0 Å². The third kappa shape index (κ3) is 5.80. The highest BCUT2D eigenvalue weighted by Crippen LogP contribution is 2.28. The third-order valence-corrected chi connectivity index (χ3v) is 4.48. The molecule has 1 fully saturated rings. The lowest BCUT2D eigenvalue weighted by atomic mass is 9.81. The Balaban J connectivity index is 2.59. The Kier molecular flexibility index (Phi) is 7.33. The molecule has 0 saturated carbocycles. The Morgan fingerprint density at radius 1 is 1.32 bits per heavy atom. The lowest BCUT2D eigenvalue weighted by Crippen LogP contribution is -2.46. The van der Waals surface area contributed by atoms with E-state index in [2.05, 4.69) is 44.8 Å². The molecule has 1 unspecified atom stereocenters. The van der Waals surface area contributed by atoms with Crippen molar-refractivity contribution in [3.8, 4) is 0 Å². The van der Waals surface area contributed by atoms with Gasteiger partial charge in [-0.05, 0) is 31.6 Å². The van der Waals surface area contributed by atoms with Crippen molar-refractivity contribution in [1.82, 2.24) is 10.2 Å². The van der Waals surface area contributed by atoms with E-state index in [4.69, 9.17) is 4.74 Å². The summed E-state index contributed by atoms with van der Waals surface area (Å²) in [5.41, 5.74) is 0.411. The van der Waals surface area contributed by atoms with Crippen LogP contribution in [0.5, 0.6) is 0 Å². The average Bonchev–Trinajstić information content (AvgIpc) is 2.58. The van der Waals surface area contributed by atoms with E-state index in [1.807, 2.05) is 0 Å². The molecule has 19 heavy (non-hydrogen) atoms. The maximum absolute atomic E-state index is 5.76. The number of nitrogens with zero attached hydrogens (tertiary/aromatic N) is 1. The fourth-order valence-corrected chi connectivity index (χ4v) is 2.90. The third-order valence-electron chi connectivity index (χ3n) is 4.48. The largest absolute Gasteiger partial charge is 0.377 e. The van der Waals surface area contributed by atoms with Gasteiger partial charge in [0.2, 0.25) is 0 Å². The Hall–Kier alpha value is -0.120. The zero-order valence-corrected chi connectivity index (χ0v) is 13.7. The van der Waals surface area contributed by atoms with Crippen LogP contribution >= 0.6 is 0 Å². The molecule has 0 bridgehead atoms. The van der Waals surface area contributed by atoms with Crippen molar-refractivity contribution in [1.29, 1.82) is 0 Å². The predicted molar refractivity (Wildman–Crippen MR) is 82.6 cm³/mol. The molecule has 0 spiro atoms. The molecule has 1 rings (SSSR count). The minimum Gasteiger partial charge on any atom is -0.377 e. The molecule has 0 radical (unpaired) electrons. The average molecular weight is 270 g/mol. The quantitative estimate of drug-likeness (QED) is 0.770. The molecular formula is C16H34N2O. The smallest absolute Gasteiger partial charge is 0.0673 e. The summed E-state index contributed by atoms with van der Waals surface area (Å²) < 4.78 is 5.76. The fourth-order valence-electron chi connectivity index (χ4n) is 2.90. The summed E-state index contributed by atoms with van der Waals surface area (Å²) >= 11 is 0. The Morgan fingerprint density at radius 2 is 2.00 bits per heavy atom. The first kappa shape index (κ1) is 16.9. The van der Waals surface area contributed by atoms with E-state index >= 15 is 0 Å². The van der Waals surface area contributed by atoms with Crippen LogP contribution in [0.25, 0.3) is 0 Å². The van der Waals surface area contributed by atoms with Gasteiger partial charge in [0.25, 0.3) is 0 Å². The first-order chi connectivity index (χ1) is 9.01. The summed E-state index contributed by atoms with van der Waals surface area (Å²) in [7, 11) is 0. The molecule has 1 aliphatic rings. The van der Waals surface area contributed by atoms with Gasteiger partial charge < -0.3 is 15.0 Å². The van der Waals surface area contributed by atoms with Crippen molar-refractivity contribution in [2.24, 2.45) is 5.41 Å². The highest BCUT2D eigenvalue weighted by Gasteiger charge is 2.30. The topological polar surface area (TPSA) is 24.5 Å². The molecule has 1 saturated heterocycles. The van der Waals surface area contributed by atoms with E-state index in [1.165, 1.54) is 32.4 Å². The first-order valence-corrected chi connectivity index (χ1v) is 8.08. The van der Waals surface area contributed by atoms with Crippen molar-refractivity contribution in [3.05, 3.63) is 0 Å². The minimum absolute atomic E-state index is 0.381. The van der Waals surface area contributed by atoms with Gasteiger partial charge in [0.15, 0.2) is 0 Å². The maximum Gasteiger partial charge on any atom is 0.0673 e. The highest BCUT2D eigenvalue weighted by atomic mass is 16.5. The van der Waals surface area contributed by atoms with Crippen molar-refractivity contribution < 1.29 is 4.74 Å². The SMILES string of the molecule is CCC(CC)(CNC(C)C)CN1CCCOC(C)C1. The lowest BCUT2D eigenvalue weighted by molar-refractivity contribution is 0.0569. The van der Waals surface area contributed by atoms with Gasteiger partial charge >= 0.3 is 0 Å². The van der Waals surface area contributed by atoms with Crippen LogP contribution in [0.2, 0.25) is 0 Å². The van der Waals surface area contributed by atoms with Crippen molar-refractivity contribution in [2.45, 2.75) is 66.0 Å². The fraction of sp³-hybridized carbons (Fsp3) is 1.00. The summed E-state index contributed by atoms with van der Waals surface area (Å²) in [5, 5.41) is 3.65. The van der Waals surface area contributed by atoms with Crippen LogP contribution in [-0.2, 0) is 4.74 Å². The zero-order valence-electron chi connectivity index (χ0n) is 13.7. The second-order valence-electron chi connectivity index (χ2n) is 6.51. The molecule has 0 amide bonds. The number of rotatable bonds is 7. The van der Waals surface area contributed by atoms with Crippen LogP contribution in [0.1, 0.15) is 53.9 Å². The van der Waals surface area contributed by atoms with Gasteiger partial charge in [-0.25, -0.2) is 0 Å². The Bertz CT molecular complexity index is 239. The second-order valence-corrected chi connectivity index (χ2v) is 6.51. The molecular weight excluding hydrogens is 236 g/mol. The van der Waals surface area contributed by atoms with Crippen LogP contribution in [0.3, 0.4) is 0 Å². The van der Waals surface area contributed by atoms with Crippen LogP contribution < -0.4 is 5.32 Å². The number of nitrogens with one attached hydrogen (secondary N) is 1. The van der Waals surface area contributed by atoms with Gasteiger partial charge in [-0.15, -0.1) is 0 Å². The second kappa shape index (κ2) is 8.23. The summed E-state index contributed by atoms with van der Waals surface area (Å²) in [4.78, 5) is 2.62. The van der Waals surface area contributed by atoms with E-state index in [-0.39, 0.29) is 0 Å². The monoisotopic (exact) mass is 270 g/mol. The highest BCUT2D eigenvalue weighted by molar-refractivity contribution is 4.84. The van der Waals surface area contributed by atoms with Crippen LogP contribution in [0, 0.1) is 5.41 Å². The van der Waals surface area contributed by atoms with E-state index in [1.54, 1.807) is 0 Å². The maximum atomic E-state index is 5.76. The molecule has 3 nitrogen and oxygen atoms in total. The zero-order chi connectivity index (χ0) is 14.3. The van der Waals surface area contributed by atoms with Crippen molar-refractivity contribution in [2.75, 3.05) is 32.8 Å². The molecule has 1 atom stereocenters. The van der Waals surface area contributed by atoms with Gasteiger partial charge in [-0.1, -0.05) is 27.7 Å². The number of hydrogen-bond acceptors (Lipinski definition) is 3. The molecule has 0 aromatic rings. The molecule has 114 valence electrons. The Morgan fingerprint density at radius 3 is 2.58 bits per heavy atom. The molecule has 1 N–H and O–H groups in total. The van der Waals surface area contributed by atoms with Crippen LogP contribution in [-0.4, -0.2) is 49.8 Å². The first-order valence-electron chi connectivity index (χ1n) is 8.08. The Labute approximate surface area is 120 Å². The summed E-state index contributed by atoms with van der Waals surface area (Å²) in [6, 6.07) is 0.573. The molecule has 1 heterocycles. The number of ether oxygens (including phenoxy) is 1. The van der Waals surface area contributed by atoms with Gasteiger partial charge in [-0.3, -0.25) is 0 Å². The predicted octanol–water partition coefficient (Wildman–Crippen LogP) is 2.90. The van der Waals surface area contributed by atoms with Crippen molar-refractivity contribution >= 4 is 0 Å². The molecule has 1 aliphatic heterocycles. The van der Waals surface area contributed by atoms with E-state index in [0.29, 0.717) is 17.6 Å². The lowest BCUT2D eigenvalue weighted by Gasteiger charge is -2.38. The van der Waals surface area contributed by atoms with Crippen molar-refractivity contribution in [3.63, 3.8) is 0 Å². The van der Waals surface area contributed by atoms with Crippen LogP contribution in [0.15, 0.2) is 0 Å². The summed E-state index contributed by atoms with van der Waals surface area (Å²) in [6.07, 6.45) is 4.04. The van der Waals surface area contributed by atoms with Gasteiger partial charge in [0.05, 0.1) is 6.10 Å². The molecule has 3 heteroatoms. The standard InChI is InChI=1S/C16H34N2O/c1-6-16(7-2,12-17-14(3)4)13-18-9-8-10-19-15(5)11-18/h14-15,17H,6-13H2,1-5H3. The van der Waals surface area contributed by atoms with E-state index in [9.17, 15) is 0 Å². The summed E-state index contributed by atoms with van der Waals surface area (Å²) in [5.74, 6) is 0. The molecule has 0 aromatic heterocycles. The van der Waals surface area contributed by atoms with Gasteiger partial charge in [0, 0.05) is 38.8 Å². The number of hydrogen-bond donors (Lipinski definition) is 1. The normalized spacial score (nSPS) is 22.7. The minimum atomic E-state index is 0.381. The van der Waals surface area contributed by atoms with Crippen LogP contribution in [0.4, 0.5) is 0 Å². The van der Waals surface area contributed by atoms with Gasteiger partial charge in [0.1, 0.15) is 0 Å². The molecule has 0 aromatic carbocycles. The molecule has 0 aliphatic carbocycles. The summed E-state index contributed by atoms with van der Waals surface area (Å²) in [6.45, 7) is 16.9. The van der Waals surface area contributed by atoms with E-state index in [0.717, 1.165) is 19.7 Å². The van der Waals surface area contributed by atoms with Gasteiger partial charge in [-0.2, -0.15) is 0 Å².